The highest BCUT2D eigenvalue weighted by Gasteiger charge is 2.25. The smallest absolute Gasteiger partial charge is 0.267 e. The third kappa shape index (κ3) is 5.63. The summed E-state index contributed by atoms with van der Waals surface area (Å²) in [6.45, 7) is 5.92. The van der Waals surface area contributed by atoms with Crippen LogP contribution in [0.5, 0.6) is 0 Å². The predicted molar refractivity (Wildman–Crippen MR) is 155 cm³/mol. The van der Waals surface area contributed by atoms with Crippen molar-refractivity contribution in [2.24, 2.45) is 12.0 Å². The van der Waals surface area contributed by atoms with Crippen LogP contribution >= 0.6 is 0 Å². The molecule has 2 aromatic carbocycles. The molecule has 1 amide bonds. The lowest BCUT2D eigenvalue weighted by Crippen LogP contribution is -2.33. The first kappa shape index (κ1) is 27.0. The Hall–Kier alpha value is -5.01. The summed E-state index contributed by atoms with van der Waals surface area (Å²) in [4.78, 5) is 38.4. The van der Waals surface area contributed by atoms with Crippen molar-refractivity contribution in [3.63, 3.8) is 0 Å². The van der Waals surface area contributed by atoms with Crippen LogP contribution in [0.3, 0.4) is 0 Å². The van der Waals surface area contributed by atoms with Crippen molar-refractivity contribution in [1.29, 1.82) is 0 Å². The zero-order chi connectivity index (χ0) is 28.1. The fraction of sp³-hybridized carbons (Fsp3) is 0.207. The van der Waals surface area contributed by atoms with Gasteiger partial charge in [-0.25, -0.2) is 14.7 Å². The number of para-hydroxylation sites is 1. The average Bonchev–Trinajstić information content (AvgIpc) is 3.19. The van der Waals surface area contributed by atoms with Crippen molar-refractivity contribution in [2.75, 3.05) is 26.4 Å². The Morgan fingerprint density at radius 3 is 2.67 bits per heavy atom. The van der Waals surface area contributed by atoms with Crippen LogP contribution in [0.25, 0.3) is 16.6 Å². The molecule has 0 saturated carbocycles. The minimum absolute atomic E-state index is 0.0336. The van der Waals surface area contributed by atoms with E-state index in [1.807, 2.05) is 61.5 Å². The second-order valence-corrected chi connectivity index (χ2v) is 9.10. The van der Waals surface area contributed by atoms with Gasteiger partial charge in [0.05, 0.1) is 29.2 Å². The van der Waals surface area contributed by atoms with E-state index in [0.717, 1.165) is 0 Å². The summed E-state index contributed by atoms with van der Waals surface area (Å²) in [5.41, 5.74) is 7.57. The molecule has 0 bridgehead atoms. The number of anilines is 1. The molecule has 1 unspecified atom stereocenters. The van der Waals surface area contributed by atoms with E-state index in [2.05, 4.69) is 33.8 Å². The quantitative estimate of drug-likeness (QED) is 0.284. The highest BCUT2D eigenvalue weighted by molar-refractivity contribution is 6.03. The van der Waals surface area contributed by atoms with Gasteiger partial charge >= 0.3 is 0 Å². The van der Waals surface area contributed by atoms with Crippen LogP contribution in [-0.2, 0) is 7.05 Å². The van der Waals surface area contributed by atoms with Gasteiger partial charge in [-0.1, -0.05) is 48.8 Å². The van der Waals surface area contributed by atoms with Gasteiger partial charge in [0, 0.05) is 18.8 Å². The molecule has 10 heteroatoms. The molecule has 0 aliphatic heterocycles. The monoisotopic (exact) mass is 522 g/mol. The van der Waals surface area contributed by atoms with Crippen LogP contribution in [0.2, 0.25) is 0 Å². The molecule has 39 heavy (non-hydrogen) atoms. The second kappa shape index (κ2) is 11.6. The minimum atomic E-state index is -0.686. The van der Waals surface area contributed by atoms with Gasteiger partial charge in [-0.2, -0.15) is 5.10 Å². The number of aliphatic imine (C=N–C) groups is 1. The molecule has 0 aliphatic carbocycles. The molecule has 198 valence electrons. The average molecular weight is 523 g/mol. The molecule has 2 aromatic heterocycles. The van der Waals surface area contributed by atoms with Gasteiger partial charge < -0.3 is 11.1 Å². The summed E-state index contributed by atoms with van der Waals surface area (Å²) in [7, 11) is 5.50. The van der Waals surface area contributed by atoms with Crippen LogP contribution in [-0.4, -0.2) is 57.0 Å². The van der Waals surface area contributed by atoms with Gasteiger partial charge in [-0.3, -0.25) is 19.1 Å². The van der Waals surface area contributed by atoms with Gasteiger partial charge in [-0.05, 0) is 45.3 Å². The van der Waals surface area contributed by atoms with E-state index in [4.69, 9.17) is 10.7 Å². The molecule has 0 aliphatic rings. The molecule has 0 fully saturated rings. The first-order chi connectivity index (χ1) is 18.7. The van der Waals surface area contributed by atoms with E-state index in [0.29, 0.717) is 34.5 Å². The SMILES string of the molecule is C=C/C=N\c1c(C(=O)NC(C)c2nc3cccc(C#CCN(C)C)c3c(=O)n2-c2ccccc2)c(N)nn1C. The number of rotatable bonds is 7. The van der Waals surface area contributed by atoms with Crippen LogP contribution in [0.1, 0.15) is 34.7 Å². The molecule has 0 saturated heterocycles. The molecule has 0 spiro atoms. The first-order valence-corrected chi connectivity index (χ1v) is 12.3. The summed E-state index contributed by atoms with van der Waals surface area (Å²) in [5, 5.41) is 7.46. The number of allylic oxidation sites excluding steroid dienone is 1. The fourth-order valence-corrected chi connectivity index (χ4v) is 4.12. The number of nitrogens with two attached hydrogens (primary N) is 1. The Labute approximate surface area is 226 Å². The maximum absolute atomic E-state index is 14.0. The number of hydrogen-bond donors (Lipinski definition) is 2. The second-order valence-electron chi connectivity index (χ2n) is 9.10. The van der Waals surface area contributed by atoms with Gasteiger partial charge in [0.1, 0.15) is 11.4 Å². The van der Waals surface area contributed by atoms with E-state index in [-0.39, 0.29) is 22.8 Å². The standard InChI is InChI=1S/C29H30N8O2/c1-6-17-31-27-24(25(30)34-36(27)5)28(38)32-19(2)26-33-22-16-10-12-20(13-11-18-35(3)4)23(22)29(39)37(26)21-14-8-7-9-15-21/h6-10,12,14-17,19H,1,18H2,2-5H3,(H2,30,34)(H,32,38)/b31-17-. The lowest BCUT2D eigenvalue weighted by Gasteiger charge is -2.20. The van der Waals surface area contributed by atoms with Crippen molar-refractivity contribution in [3.05, 3.63) is 88.5 Å². The van der Waals surface area contributed by atoms with Gasteiger partial charge in [0.15, 0.2) is 11.6 Å². The van der Waals surface area contributed by atoms with Crippen molar-refractivity contribution in [1.82, 2.24) is 29.5 Å². The van der Waals surface area contributed by atoms with Crippen molar-refractivity contribution in [3.8, 4) is 17.5 Å². The van der Waals surface area contributed by atoms with Crippen LogP contribution in [0.15, 0.2) is 71.0 Å². The highest BCUT2D eigenvalue weighted by Crippen LogP contribution is 2.26. The van der Waals surface area contributed by atoms with E-state index < -0.39 is 11.9 Å². The molecule has 0 radical (unpaired) electrons. The van der Waals surface area contributed by atoms with E-state index in [1.54, 1.807) is 20.0 Å². The summed E-state index contributed by atoms with van der Waals surface area (Å²) in [5.74, 6) is 6.38. The number of aromatic nitrogens is 4. The lowest BCUT2D eigenvalue weighted by molar-refractivity contribution is 0.0939. The molecule has 2 heterocycles. The number of carbonyl (C=O) groups is 1. The van der Waals surface area contributed by atoms with Crippen molar-refractivity contribution in [2.45, 2.75) is 13.0 Å². The third-order valence-corrected chi connectivity index (χ3v) is 5.86. The lowest BCUT2D eigenvalue weighted by atomic mass is 10.1. The molecule has 3 N–H and O–H groups in total. The van der Waals surface area contributed by atoms with Crippen molar-refractivity contribution >= 4 is 34.7 Å². The topological polar surface area (TPSA) is 123 Å². The minimum Gasteiger partial charge on any atom is -0.381 e. The third-order valence-electron chi connectivity index (χ3n) is 5.86. The molecule has 10 nitrogen and oxygen atoms in total. The Balaban J connectivity index is 1.85. The number of aryl methyl sites for hydroxylation is 1. The maximum atomic E-state index is 14.0. The van der Waals surface area contributed by atoms with E-state index in [1.165, 1.54) is 21.5 Å². The number of fused-ring (bicyclic) bond motifs is 1. The number of nitrogens with one attached hydrogen (secondary N) is 1. The van der Waals surface area contributed by atoms with Gasteiger partial charge in [0.25, 0.3) is 11.5 Å². The van der Waals surface area contributed by atoms with E-state index in [9.17, 15) is 9.59 Å². The molecular weight excluding hydrogens is 492 g/mol. The molecule has 4 rings (SSSR count). The number of carbonyl (C=O) groups excluding carboxylic acids is 1. The van der Waals surface area contributed by atoms with Gasteiger partial charge in [0.2, 0.25) is 0 Å². The summed E-state index contributed by atoms with van der Waals surface area (Å²) < 4.78 is 2.93. The van der Waals surface area contributed by atoms with Crippen LogP contribution in [0, 0.1) is 11.8 Å². The van der Waals surface area contributed by atoms with Crippen LogP contribution < -0.4 is 16.6 Å². The van der Waals surface area contributed by atoms with Crippen LogP contribution in [0.4, 0.5) is 11.6 Å². The number of benzene rings is 2. The summed E-state index contributed by atoms with van der Waals surface area (Å²) in [6.07, 6.45) is 2.94. The highest BCUT2D eigenvalue weighted by atomic mass is 16.2. The Morgan fingerprint density at radius 2 is 1.97 bits per heavy atom. The fourth-order valence-electron chi connectivity index (χ4n) is 4.12. The number of hydrogen-bond acceptors (Lipinski definition) is 7. The van der Waals surface area contributed by atoms with Crippen molar-refractivity contribution < 1.29 is 4.79 Å². The summed E-state index contributed by atoms with van der Waals surface area (Å²) in [6, 6.07) is 13.9. The molecular formula is C29H30N8O2. The zero-order valence-corrected chi connectivity index (χ0v) is 22.3. The predicted octanol–water partition coefficient (Wildman–Crippen LogP) is 2.99. The Morgan fingerprint density at radius 1 is 1.23 bits per heavy atom. The Bertz CT molecular complexity index is 1690. The van der Waals surface area contributed by atoms with E-state index >= 15 is 0 Å². The number of nitrogen functional groups attached to an aromatic ring is 1. The number of amides is 1. The van der Waals surface area contributed by atoms with Gasteiger partial charge in [-0.15, -0.1) is 0 Å². The normalized spacial score (nSPS) is 11.9. The first-order valence-electron chi connectivity index (χ1n) is 12.3. The zero-order valence-electron chi connectivity index (χ0n) is 22.3. The maximum Gasteiger partial charge on any atom is 0.267 e. The summed E-state index contributed by atoms with van der Waals surface area (Å²) >= 11 is 0. The Kier molecular flexibility index (Phi) is 8.03. The molecule has 1 atom stereocenters. The number of nitrogens with zero attached hydrogens (tertiary/aromatic N) is 6. The largest absolute Gasteiger partial charge is 0.381 e. The molecule has 4 aromatic rings.